The van der Waals surface area contributed by atoms with Crippen LogP contribution in [0.15, 0.2) is 53.4 Å². The van der Waals surface area contributed by atoms with Crippen LogP contribution in [0.25, 0.3) is 0 Å². The van der Waals surface area contributed by atoms with E-state index in [0.717, 1.165) is 0 Å². The molecule has 166 valence electrons. The zero-order valence-electron chi connectivity index (χ0n) is 17.4. The van der Waals surface area contributed by atoms with E-state index in [2.05, 4.69) is 5.32 Å². The lowest BCUT2D eigenvalue weighted by atomic mass is 10.2. The molecule has 1 saturated heterocycles. The molecule has 1 aliphatic heterocycles. The van der Waals surface area contributed by atoms with Crippen molar-refractivity contribution in [2.45, 2.75) is 36.5 Å². The average molecular weight is 464 g/mol. The topological polar surface area (TPSA) is 98.8 Å². The third-order valence-electron chi connectivity index (χ3n) is 4.68. The minimum Gasteiger partial charge on any atom is -0.494 e. The Morgan fingerprint density at radius 1 is 1.16 bits per heavy atom. The summed E-state index contributed by atoms with van der Waals surface area (Å²) < 4.78 is 34.2. The van der Waals surface area contributed by atoms with Crippen LogP contribution in [0, 0.1) is 0 Å². The molecule has 0 saturated carbocycles. The Morgan fingerprint density at radius 3 is 2.52 bits per heavy atom. The highest BCUT2D eigenvalue weighted by molar-refractivity contribution is 8.02. The predicted octanol–water partition coefficient (Wildman–Crippen LogP) is 3.55. The third kappa shape index (κ3) is 6.48. The molecule has 0 spiro atoms. The summed E-state index contributed by atoms with van der Waals surface area (Å²) in [7, 11) is -3.01. The second kappa shape index (κ2) is 10.2. The second-order valence-electron chi connectivity index (χ2n) is 7.13. The van der Waals surface area contributed by atoms with Crippen molar-refractivity contribution in [2.75, 3.05) is 23.4 Å². The maximum absolute atomic E-state index is 12.7. The molecule has 0 radical (unpaired) electrons. The van der Waals surface area contributed by atoms with Gasteiger partial charge in [0.2, 0.25) is 0 Å². The zero-order chi connectivity index (χ0) is 22.4. The molecule has 0 bridgehead atoms. The first-order valence-corrected chi connectivity index (χ1v) is 12.7. The average Bonchev–Trinajstić information content (AvgIpc) is 3.08. The van der Waals surface area contributed by atoms with Crippen LogP contribution in [-0.2, 0) is 19.4 Å². The first-order valence-electron chi connectivity index (χ1n) is 9.98. The molecule has 2 aromatic rings. The molecule has 0 unspecified atom stereocenters. The van der Waals surface area contributed by atoms with Crippen molar-refractivity contribution < 1.29 is 27.5 Å². The fourth-order valence-corrected chi connectivity index (χ4v) is 6.71. The number of hydrogen-bond donors (Lipinski definition) is 1. The Bertz CT molecular complexity index is 1040. The number of amides is 1. The van der Waals surface area contributed by atoms with Crippen LogP contribution in [0.3, 0.4) is 0 Å². The number of benzene rings is 2. The first-order chi connectivity index (χ1) is 14.8. The van der Waals surface area contributed by atoms with Crippen molar-refractivity contribution in [2.24, 2.45) is 0 Å². The van der Waals surface area contributed by atoms with E-state index in [1.165, 1.54) is 18.7 Å². The van der Waals surface area contributed by atoms with Gasteiger partial charge < -0.3 is 14.8 Å². The van der Waals surface area contributed by atoms with Crippen LogP contribution in [0.2, 0.25) is 0 Å². The van der Waals surface area contributed by atoms with Gasteiger partial charge in [-0.3, -0.25) is 4.79 Å². The summed E-state index contributed by atoms with van der Waals surface area (Å²) in [5.74, 6) is -0.117. The van der Waals surface area contributed by atoms with E-state index in [-0.39, 0.29) is 16.8 Å². The highest BCUT2D eigenvalue weighted by atomic mass is 32.2. The lowest BCUT2D eigenvalue weighted by molar-refractivity contribution is -0.123. The van der Waals surface area contributed by atoms with E-state index in [0.29, 0.717) is 34.9 Å². The van der Waals surface area contributed by atoms with E-state index in [9.17, 15) is 18.0 Å². The number of ether oxygens (including phenoxy) is 2. The van der Waals surface area contributed by atoms with Crippen molar-refractivity contribution in [3.63, 3.8) is 0 Å². The molecule has 1 fully saturated rings. The SMILES string of the molecule is CCOc1ccc(NC(=O)[C@@H](C)OC(=O)c2ccccc2S[C@H]2CCS(=O)(=O)C2)cc1. The summed E-state index contributed by atoms with van der Waals surface area (Å²) in [6.07, 6.45) is -0.457. The molecule has 0 aromatic heterocycles. The molecule has 3 rings (SSSR count). The van der Waals surface area contributed by atoms with Gasteiger partial charge in [-0.1, -0.05) is 12.1 Å². The van der Waals surface area contributed by atoms with Gasteiger partial charge in [0.05, 0.1) is 23.7 Å². The van der Waals surface area contributed by atoms with Gasteiger partial charge in [0.25, 0.3) is 5.91 Å². The largest absolute Gasteiger partial charge is 0.494 e. The molecule has 9 heteroatoms. The van der Waals surface area contributed by atoms with Crippen LogP contribution in [0.5, 0.6) is 5.75 Å². The molecule has 1 aliphatic rings. The van der Waals surface area contributed by atoms with E-state index in [1.807, 2.05) is 6.92 Å². The molecule has 0 aliphatic carbocycles. The number of nitrogens with one attached hydrogen (secondary N) is 1. The second-order valence-corrected chi connectivity index (χ2v) is 10.7. The zero-order valence-corrected chi connectivity index (χ0v) is 19.0. The van der Waals surface area contributed by atoms with Crippen molar-refractivity contribution in [3.8, 4) is 5.75 Å². The van der Waals surface area contributed by atoms with Crippen molar-refractivity contribution in [1.82, 2.24) is 0 Å². The van der Waals surface area contributed by atoms with Gasteiger partial charge >= 0.3 is 5.97 Å². The minimum absolute atomic E-state index is 0.0978. The van der Waals surface area contributed by atoms with Gasteiger partial charge in [0, 0.05) is 15.8 Å². The molecular formula is C22H25NO6S2. The molecule has 2 aromatic carbocycles. The fourth-order valence-electron chi connectivity index (χ4n) is 3.09. The summed E-state index contributed by atoms with van der Waals surface area (Å²) in [6.45, 7) is 3.94. The van der Waals surface area contributed by atoms with Gasteiger partial charge in [-0.2, -0.15) is 0 Å². The molecular weight excluding hydrogens is 438 g/mol. The number of hydrogen-bond acceptors (Lipinski definition) is 7. The van der Waals surface area contributed by atoms with Crippen molar-refractivity contribution in [1.29, 1.82) is 0 Å². The lowest BCUT2D eigenvalue weighted by Gasteiger charge is -2.16. The molecule has 31 heavy (non-hydrogen) atoms. The standard InChI is InChI=1S/C22H25NO6S2/c1-3-28-17-10-8-16(9-11-17)23-21(24)15(2)29-22(25)19-6-4-5-7-20(19)30-18-12-13-31(26,27)14-18/h4-11,15,18H,3,12-14H2,1-2H3,(H,23,24)/t15-,18+/m1/s1. The number of carbonyl (C=O) groups excluding carboxylic acids is 2. The summed E-state index contributed by atoms with van der Waals surface area (Å²) >= 11 is 1.36. The van der Waals surface area contributed by atoms with E-state index in [4.69, 9.17) is 9.47 Å². The quantitative estimate of drug-likeness (QED) is 0.598. The monoisotopic (exact) mass is 463 g/mol. The van der Waals surface area contributed by atoms with Crippen LogP contribution in [0.1, 0.15) is 30.6 Å². The van der Waals surface area contributed by atoms with Gasteiger partial charge in [0.15, 0.2) is 15.9 Å². The fraction of sp³-hybridized carbons (Fsp3) is 0.364. The third-order valence-corrected chi connectivity index (χ3v) is 8.00. The highest BCUT2D eigenvalue weighted by Crippen LogP contribution is 2.33. The van der Waals surface area contributed by atoms with Crippen LogP contribution < -0.4 is 10.1 Å². The van der Waals surface area contributed by atoms with Crippen molar-refractivity contribution >= 4 is 39.2 Å². The highest BCUT2D eigenvalue weighted by Gasteiger charge is 2.30. The number of anilines is 1. The molecule has 7 nitrogen and oxygen atoms in total. The first kappa shape index (κ1) is 23.1. The maximum Gasteiger partial charge on any atom is 0.340 e. The van der Waals surface area contributed by atoms with Gasteiger partial charge in [-0.25, -0.2) is 13.2 Å². The van der Waals surface area contributed by atoms with Crippen LogP contribution >= 0.6 is 11.8 Å². The molecule has 1 heterocycles. The number of sulfone groups is 1. The summed E-state index contributed by atoms with van der Waals surface area (Å²) in [5, 5.41) is 2.61. The van der Waals surface area contributed by atoms with Crippen molar-refractivity contribution in [3.05, 3.63) is 54.1 Å². The van der Waals surface area contributed by atoms with Gasteiger partial charge in [0.1, 0.15) is 5.75 Å². The Kier molecular flexibility index (Phi) is 7.61. The van der Waals surface area contributed by atoms with Crippen LogP contribution in [-0.4, -0.2) is 49.8 Å². The predicted molar refractivity (Wildman–Crippen MR) is 120 cm³/mol. The number of esters is 1. The summed E-state index contributed by atoms with van der Waals surface area (Å²) in [4.78, 5) is 25.8. The summed E-state index contributed by atoms with van der Waals surface area (Å²) in [6, 6.07) is 13.8. The lowest BCUT2D eigenvalue weighted by Crippen LogP contribution is -2.30. The van der Waals surface area contributed by atoms with Crippen LogP contribution in [0.4, 0.5) is 5.69 Å². The number of carbonyl (C=O) groups is 2. The van der Waals surface area contributed by atoms with E-state index in [1.54, 1.807) is 48.5 Å². The van der Waals surface area contributed by atoms with Gasteiger partial charge in [-0.15, -0.1) is 11.8 Å². The van der Waals surface area contributed by atoms with E-state index >= 15 is 0 Å². The van der Waals surface area contributed by atoms with Gasteiger partial charge in [-0.05, 0) is 56.7 Å². The Morgan fingerprint density at radius 2 is 1.87 bits per heavy atom. The van der Waals surface area contributed by atoms with E-state index < -0.39 is 27.8 Å². The Balaban J connectivity index is 1.61. The Labute approximate surface area is 186 Å². The molecule has 2 atom stereocenters. The summed E-state index contributed by atoms with van der Waals surface area (Å²) in [5.41, 5.74) is 0.882. The maximum atomic E-state index is 12.7. The Hall–Kier alpha value is -2.52. The normalized spacial score (nSPS) is 18.2. The molecule has 1 amide bonds. The number of rotatable bonds is 8. The number of thioether (sulfide) groups is 1. The molecule has 1 N–H and O–H groups in total. The minimum atomic E-state index is -3.01. The smallest absolute Gasteiger partial charge is 0.340 e.